The first-order valence-corrected chi connectivity index (χ1v) is 4.21. The molecule has 0 unspecified atom stereocenters. The number of carbonyl (C=O) groups is 1. The molecular weight excluding hydrogens is 184 g/mol. The number of aromatic nitrogens is 2. The molecule has 0 aliphatic rings. The normalized spacial score (nSPS) is 11.5. The number of hydrogen-bond donors (Lipinski definition) is 1. The maximum atomic E-state index is 11.3. The van der Waals surface area contributed by atoms with Crippen molar-refractivity contribution in [2.45, 2.75) is 19.4 Å². The van der Waals surface area contributed by atoms with Crippen molar-refractivity contribution < 1.29 is 14.6 Å². The minimum atomic E-state index is -1.12. The molecule has 0 aromatic carbocycles. The van der Waals surface area contributed by atoms with Crippen molar-refractivity contribution in [1.29, 1.82) is 0 Å². The van der Waals surface area contributed by atoms with Crippen LogP contribution in [0.3, 0.4) is 0 Å². The number of aryl methyl sites for hydroxylation is 1. The molecule has 0 bridgehead atoms. The second kappa shape index (κ2) is 3.42. The minimum Gasteiger partial charge on any atom is -0.465 e. The topological polar surface area (TPSA) is 64.3 Å². The van der Waals surface area contributed by atoms with Crippen LogP contribution in [0.25, 0.3) is 0 Å². The Balaban J connectivity index is 3.27. The second-order valence-electron chi connectivity index (χ2n) is 3.58. The third-order valence-corrected chi connectivity index (χ3v) is 1.92. The monoisotopic (exact) mass is 198 g/mol. The molecule has 0 amide bonds. The van der Waals surface area contributed by atoms with E-state index in [2.05, 4.69) is 9.84 Å². The van der Waals surface area contributed by atoms with E-state index >= 15 is 0 Å². The van der Waals surface area contributed by atoms with Crippen molar-refractivity contribution in [2.75, 3.05) is 7.11 Å². The van der Waals surface area contributed by atoms with Crippen molar-refractivity contribution in [1.82, 2.24) is 9.78 Å². The van der Waals surface area contributed by atoms with Crippen LogP contribution >= 0.6 is 0 Å². The van der Waals surface area contributed by atoms with Gasteiger partial charge in [0.15, 0.2) is 0 Å². The molecule has 0 aliphatic heterocycles. The number of rotatable bonds is 2. The van der Waals surface area contributed by atoms with Crippen molar-refractivity contribution >= 4 is 5.97 Å². The second-order valence-corrected chi connectivity index (χ2v) is 3.58. The molecule has 5 nitrogen and oxygen atoms in total. The first-order valence-electron chi connectivity index (χ1n) is 4.21. The van der Waals surface area contributed by atoms with Crippen molar-refractivity contribution in [3.05, 3.63) is 17.5 Å². The molecule has 0 aliphatic carbocycles. The van der Waals surface area contributed by atoms with E-state index in [9.17, 15) is 9.90 Å². The Labute approximate surface area is 82.3 Å². The van der Waals surface area contributed by atoms with Crippen LogP contribution in [0.4, 0.5) is 0 Å². The van der Waals surface area contributed by atoms with Crippen LogP contribution in [0.15, 0.2) is 6.20 Å². The SMILES string of the molecule is COC(=O)c1cnn(C)c1C(C)(C)O. The zero-order valence-electron chi connectivity index (χ0n) is 8.74. The molecule has 1 N–H and O–H groups in total. The zero-order chi connectivity index (χ0) is 10.9. The van der Waals surface area contributed by atoms with Crippen LogP contribution in [0.1, 0.15) is 29.9 Å². The smallest absolute Gasteiger partial charge is 0.341 e. The lowest BCUT2D eigenvalue weighted by Gasteiger charge is -2.18. The first kappa shape index (κ1) is 10.7. The Morgan fingerprint density at radius 3 is 2.64 bits per heavy atom. The lowest BCUT2D eigenvalue weighted by Crippen LogP contribution is -2.23. The lowest BCUT2D eigenvalue weighted by atomic mass is 10.0. The molecule has 1 aromatic rings. The van der Waals surface area contributed by atoms with E-state index < -0.39 is 11.6 Å². The fraction of sp³-hybridized carbons (Fsp3) is 0.556. The van der Waals surface area contributed by atoms with Crippen molar-refractivity contribution in [2.24, 2.45) is 7.05 Å². The van der Waals surface area contributed by atoms with Gasteiger partial charge in [-0.05, 0) is 13.8 Å². The predicted octanol–water partition coefficient (Wildman–Crippen LogP) is 0.434. The molecule has 0 saturated carbocycles. The van der Waals surface area contributed by atoms with E-state index in [-0.39, 0.29) is 0 Å². The summed E-state index contributed by atoms with van der Waals surface area (Å²) in [6, 6.07) is 0. The van der Waals surface area contributed by atoms with Gasteiger partial charge in [0.05, 0.1) is 19.0 Å². The maximum Gasteiger partial charge on any atom is 0.341 e. The minimum absolute atomic E-state index is 0.294. The molecule has 0 radical (unpaired) electrons. The highest BCUT2D eigenvalue weighted by molar-refractivity contribution is 5.90. The third-order valence-electron chi connectivity index (χ3n) is 1.92. The molecule has 14 heavy (non-hydrogen) atoms. The Kier molecular flexibility index (Phi) is 2.62. The number of aliphatic hydroxyl groups is 1. The summed E-state index contributed by atoms with van der Waals surface area (Å²) in [5.74, 6) is -0.491. The molecule has 1 rings (SSSR count). The van der Waals surface area contributed by atoms with Crippen LogP contribution in [0.5, 0.6) is 0 Å². The summed E-state index contributed by atoms with van der Waals surface area (Å²) in [6.07, 6.45) is 1.39. The number of ether oxygens (including phenoxy) is 1. The van der Waals surface area contributed by atoms with Crippen LogP contribution in [-0.4, -0.2) is 28.0 Å². The largest absolute Gasteiger partial charge is 0.465 e. The fourth-order valence-electron chi connectivity index (χ4n) is 1.42. The van der Waals surface area contributed by atoms with Crippen LogP contribution in [0, 0.1) is 0 Å². The Bertz CT molecular complexity index is 349. The molecule has 0 atom stereocenters. The lowest BCUT2D eigenvalue weighted by molar-refractivity contribution is 0.0532. The summed E-state index contributed by atoms with van der Waals surface area (Å²) in [5, 5.41) is 13.7. The number of methoxy groups -OCH3 is 1. The number of hydrogen-bond acceptors (Lipinski definition) is 4. The van der Waals surface area contributed by atoms with E-state index in [0.717, 1.165) is 0 Å². The summed E-state index contributed by atoms with van der Waals surface area (Å²) < 4.78 is 6.05. The Hall–Kier alpha value is -1.36. The van der Waals surface area contributed by atoms with Gasteiger partial charge >= 0.3 is 5.97 Å². The number of carbonyl (C=O) groups excluding carboxylic acids is 1. The molecule has 5 heteroatoms. The van der Waals surface area contributed by atoms with E-state index in [1.165, 1.54) is 18.0 Å². The van der Waals surface area contributed by atoms with Gasteiger partial charge in [0, 0.05) is 7.05 Å². The van der Waals surface area contributed by atoms with Gasteiger partial charge in [-0.2, -0.15) is 5.10 Å². The quantitative estimate of drug-likeness (QED) is 0.700. The van der Waals surface area contributed by atoms with Gasteiger partial charge in [-0.15, -0.1) is 0 Å². The molecule has 0 spiro atoms. The average molecular weight is 198 g/mol. The van der Waals surface area contributed by atoms with Crippen LogP contribution in [0.2, 0.25) is 0 Å². The maximum absolute atomic E-state index is 11.3. The van der Waals surface area contributed by atoms with Gasteiger partial charge < -0.3 is 9.84 Å². The van der Waals surface area contributed by atoms with Crippen LogP contribution in [-0.2, 0) is 17.4 Å². The highest BCUT2D eigenvalue weighted by atomic mass is 16.5. The summed E-state index contributed by atoms with van der Waals surface area (Å²) in [6.45, 7) is 3.19. The fourth-order valence-corrected chi connectivity index (χ4v) is 1.42. The van der Waals surface area contributed by atoms with Gasteiger partial charge in [-0.25, -0.2) is 4.79 Å². The molecule has 78 valence electrons. The van der Waals surface area contributed by atoms with Gasteiger partial charge in [0.25, 0.3) is 0 Å². The molecule has 0 saturated heterocycles. The Morgan fingerprint density at radius 1 is 1.64 bits per heavy atom. The molecule has 1 aromatic heterocycles. The van der Waals surface area contributed by atoms with Crippen molar-refractivity contribution in [3.8, 4) is 0 Å². The average Bonchev–Trinajstić information content (AvgIpc) is 2.44. The van der Waals surface area contributed by atoms with Gasteiger partial charge in [0.2, 0.25) is 0 Å². The van der Waals surface area contributed by atoms with Crippen LogP contribution < -0.4 is 0 Å². The van der Waals surface area contributed by atoms with Gasteiger partial charge in [-0.3, -0.25) is 4.68 Å². The first-order chi connectivity index (χ1) is 6.38. The Morgan fingerprint density at radius 2 is 2.21 bits per heavy atom. The number of esters is 1. The third kappa shape index (κ3) is 1.77. The van der Waals surface area contributed by atoms with Gasteiger partial charge in [0.1, 0.15) is 11.2 Å². The molecule has 0 fully saturated rings. The summed E-state index contributed by atoms with van der Waals surface area (Å²) >= 11 is 0. The molecular formula is C9H14N2O3. The van der Waals surface area contributed by atoms with E-state index in [1.54, 1.807) is 20.9 Å². The van der Waals surface area contributed by atoms with Crippen molar-refractivity contribution in [3.63, 3.8) is 0 Å². The van der Waals surface area contributed by atoms with E-state index in [0.29, 0.717) is 11.3 Å². The molecule has 1 heterocycles. The van der Waals surface area contributed by atoms with Gasteiger partial charge in [-0.1, -0.05) is 0 Å². The highest BCUT2D eigenvalue weighted by Crippen LogP contribution is 2.23. The summed E-state index contributed by atoms with van der Waals surface area (Å²) in [5.41, 5.74) is -0.374. The summed E-state index contributed by atoms with van der Waals surface area (Å²) in [7, 11) is 2.96. The van der Waals surface area contributed by atoms with E-state index in [4.69, 9.17) is 0 Å². The summed E-state index contributed by atoms with van der Waals surface area (Å²) in [4.78, 5) is 11.3. The predicted molar refractivity (Wildman–Crippen MR) is 49.8 cm³/mol. The zero-order valence-corrected chi connectivity index (χ0v) is 8.74. The highest BCUT2D eigenvalue weighted by Gasteiger charge is 2.28. The number of nitrogens with zero attached hydrogens (tertiary/aromatic N) is 2. The standard InChI is InChI=1S/C9H14N2O3/c1-9(2,13)7-6(8(12)14-4)5-10-11(7)3/h5,13H,1-4H3. The van der Waals surface area contributed by atoms with E-state index in [1.807, 2.05) is 0 Å².